The number of fused-ring (bicyclic) bond motifs is 1. The maximum Gasteiger partial charge on any atom is 0.283 e. The Labute approximate surface area is 149 Å². The molecule has 0 unspecified atom stereocenters. The summed E-state index contributed by atoms with van der Waals surface area (Å²) in [6.07, 6.45) is 0. The maximum absolute atomic E-state index is 12.2. The molecule has 6 nitrogen and oxygen atoms in total. The zero-order valence-corrected chi connectivity index (χ0v) is 14.6. The lowest BCUT2D eigenvalue weighted by Crippen LogP contribution is -2.04. The normalized spacial score (nSPS) is 10.8. The van der Waals surface area contributed by atoms with Crippen LogP contribution in [-0.4, -0.2) is 26.4 Å². The average molecular weight is 439 g/mol. The molecular formula is C15H10IN3O3S. The fraction of sp³-hybridized carbons (Fsp3) is 0.0667. The predicted octanol–water partition coefficient (Wildman–Crippen LogP) is 4.05. The largest absolute Gasteiger partial charge is 0.333 e. The van der Waals surface area contributed by atoms with Crippen LogP contribution in [-0.2, 0) is 0 Å². The summed E-state index contributed by atoms with van der Waals surface area (Å²) < 4.78 is 0.508. The SMILES string of the molecule is O=C(CSc1nc2ccccc2[nH]1)c1ccc(I)c([N+](=O)[O-])c1. The smallest absolute Gasteiger partial charge is 0.283 e. The molecule has 8 heteroatoms. The molecule has 3 rings (SSSR count). The molecule has 0 aliphatic carbocycles. The number of H-pyrrole nitrogens is 1. The van der Waals surface area contributed by atoms with Crippen LogP contribution in [0, 0.1) is 13.7 Å². The molecule has 0 atom stereocenters. The number of Topliss-reactive ketones (excluding diaryl/α,β-unsaturated/α-hetero) is 1. The number of carbonyl (C=O) groups is 1. The van der Waals surface area contributed by atoms with E-state index in [-0.39, 0.29) is 17.2 Å². The summed E-state index contributed by atoms with van der Waals surface area (Å²) in [5.74, 6) is -0.00708. The number of nitro groups is 1. The monoisotopic (exact) mass is 439 g/mol. The third-order valence-corrected chi connectivity index (χ3v) is 4.96. The Morgan fingerprint density at radius 3 is 2.83 bits per heavy atom. The number of benzene rings is 2. The van der Waals surface area contributed by atoms with E-state index in [1.165, 1.54) is 17.8 Å². The fourth-order valence-electron chi connectivity index (χ4n) is 2.04. The lowest BCUT2D eigenvalue weighted by atomic mass is 10.1. The molecule has 1 heterocycles. The van der Waals surface area contributed by atoms with E-state index in [1.54, 1.807) is 12.1 Å². The average Bonchev–Trinajstić information content (AvgIpc) is 2.95. The number of nitro benzene ring substituents is 1. The topological polar surface area (TPSA) is 88.9 Å². The van der Waals surface area contributed by atoms with Crippen LogP contribution >= 0.6 is 34.4 Å². The molecule has 0 bridgehead atoms. The number of aromatic amines is 1. The van der Waals surface area contributed by atoms with Crippen molar-refractivity contribution in [3.63, 3.8) is 0 Å². The van der Waals surface area contributed by atoms with Gasteiger partial charge >= 0.3 is 0 Å². The number of nitrogens with one attached hydrogen (secondary N) is 1. The van der Waals surface area contributed by atoms with E-state index in [2.05, 4.69) is 9.97 Å². The first-order valence-corrected chi connectivity index (χ1v) is 8.66. The number of ketones is 1. The van der Waals surface area contributed by atoms with Gasteiger partial charge in [-0.1, -0.05) is 23.9 Å². The van der Waals surface area contributed by atoms with Gasteiger partial charge < -0.3 is 4.98 Å². The Morgan fingerprint density at radius 1 is 1.30 bits per heavy atom. The van der Waals surface area contributed by atoms with Crippen molar-refractivity contribution in [1.82, 2.24) is 9.97 Å². The van der Waals surface area contributed by atoms with Gasteiger partial charge in [0.1, 0.15) is 0 Å². The molecule has 0 saturated heterocycles. The van der Waals surface area contributed by atoms with Gasteiger partial charge in [0.2, 0.25) is 0 Å². The van der Waals surface area contributed by atoms with Crippen molar-refractivity contribution in [3.8, 4) is 0 Å². The van der Waals surface area contributed by atoms with Crippen LogP contribution < -0.4 is 0 Å². The Bertz CT molecular complexity index is 877. The highest BCUT2D eigenvalue weighted by Gasteiger charge is 2.16. The van der Waals surface area contributed by atoms with E-state index in [1.807, 2.05) is 46.9 Å². The highest BCUT2D eigenvalue weighted by atomic mass is 127. The molecule has 0 amide bonds. The number of hydrogen-bond donors (Lipinski definition) is 1. The first-order chi connectivity index (χ1) is 11.0. The number of hydrogen-bond acceptors (Lipinski definition) is 5. The Morgan fingerprint density at radius 2 is 2.09 bits per heavy atom. The minimum absolute atomic E-state index is 0.0508. The van der Waals surface area contributed by atoms with E-state index in [0.717, 1.165) is 11.0 Å². The van der Waals surface area contributed by atoms with Crippen molar-refractivity contribution in [3.05, 3.63) is 61.7 Å². The molecule has 2 aromatic carbocycles. The molecule has 0 aliphatic heterocycles. The summed E-state index contributed by atoms with van der Waals surface area (Å²) in [4.78, 5) is 30.2. The van der Waals surface area contributed by atoms with E-state index in [9.17, 15) is 14.9 Å². The highest BCUT2D eigenvalue weighted by Crippen LogP contribution is 2.24. The molecule has 0 radical (unpaired) electrons. The predicted molar refractivity (Wildman–Crippen MR) is 97.0 cm³/mol. The second-order valence-corrected chi connectivity index (χ2v) is 6.82. The Balaban J connectivity index is 1.74. The second-order valence-electron chi connectivity index (χ2n) is 4.69. The molecule has 0 spiro atoms. The minimum Gasteiger partial charge on any atom is -0.333 e. The summed E-state index contributed by atoms with van der Waals surface area (Å²) in [7, 11) is 0. The number of thioether (sulfide) groups is 1. The van der Waals surface area contributed by atoms with Crippen molar-refractivity contribution < 1.29 is 9.72 Å². The lowest BCUT2D eigenvalue weighted by molar-refractivity contribution is -0.385. The summed E-state index contributed by atoms with van der Waals surface area (Å²) in [6, 6.07) is 12.1. The summed E-state index contributed by atoms with van der Waals surface area (Å²) in [5, 5.41) is 11.6. The van der Waals surface area contributed by atoms with Gasteiger partial charge in [0.15, 0.2) is 10.9 Å². The number of nitrogens with zero attached hydrogens (tertiary/aromatic N) is 2. The third-order valence-electron chi connectivity index (χ3n) is 3.17. The minimum atomic E-state index is -0.481. The molecule has 3 aromatic rings. The lowest BCUT2D eigenvalue weighted by Gasteiger charge is -2.01. The molecule has 1 aromatic heterocycles. The quantitative estimate of drug-likeness (QED) is 0.213. The van der Waals surface area contributed by atoms with Crippen LogP contribution in [0.5, 0.6) is 0 Å². The first kappa shape index (κ1) is 15.9. The highest BCUT2D eigenvalue weighted by molar-refractivity contribution is 14.1. The van der Waals surface area contributed by atoms with Crippen molar-refractivity contribution >= 4 is 56.9 Å². The van der Waals surface area contributed by atoms with E-state index >= 15 is 0 Å². The van der Waals surface area contributed by atoms with Gasteiger partial charge in [-0.3, -0.25) is 14.9 Å². The van der Waals surface area contributed by atoms with Crippen LogP contribution in [0.3, 0.4) is 0 Å². The number of imidazole rings is 1. The number of halogens is 1. The van der Waals surface area contributed by atoms with Gasteiger partial charge in [0, 0.05) is 11.6 Å². The number of rotatable bonds is 5. The van der Waals surface area contributed by atoms with Gasteiger partial charge in [0.25, 0.3) is 5.69 Å². The number of para-hydroxylation sites is 2. The zero-order chi connectivity index (χ0) is 16.4. The van der Waals surface area contributed by atoms with Gasteiger partial charge in [-0.15, -0.1) is 0 Å². The van der Waals surface area contributed by atoms with Crippen molar-refractivity contribution in [2.75, 3.05) is 5.75 Å². The van der Waals surface area contributed by atoms with E-state index in [4.69, 9.17) is 0 Å². The number of aromatic nitrogens is 2. The standard InChI is InChI=1S/C15H10IN3O3S/c16-10-6-5-9(7-13(10)19(21)22)14(20)8-23-15-17-11-3-1-2-4-12(11)18-15/h1-7H,8H2,(H,17,18). The van der Waals surface area contributed by atoms with Crippen molar-refractivity contribution in [2.24, 2.45) is 0 Å². The van der Waals surface area contributed by atoms with Crippen LogP contribution in [0.1, 0.15) is 10.4 Å². The summed E-state index contributed by atoms with van der Waals surface area (Å²) in [6.45, 7) is 0. The van der Waals surface area contributed by atoms with Crippen LogP contribution in [0.25, 0.3) is 11.0 Å². The molecule has 1 N–H and O–H groups in total. The fourth-order valence-corrected chi connectivity index (χ4v) is 3.35. The Kier molecular flexibility index (Phi) is 4.62. The molecule has 0 fully saturated rings. The van der Waals surface area contributed by atoms with E-state index in [0.29, 0.717) is 14.3 Å². The zero-order valence-electron chi connectivity index (χ0n) is 11.7. The third kappa shape index (κ3) is 3.53. The molecule has 116 valence electrons. The maximum atomic E-state index is 12.2. The van der Waals surface area contributed by atoms with Crippen LogP contribution in [0.2, 0.25) is 0 Å². The van der Waals surface area contributed by atoms with Crippen molar-refractivity contribution in [1.29, 1.82) is 0 Å². The molecule has 23 heavy (non-hydrogen) atoms. The van der Waals surface area contributed by atoms with Gasteiger partial charge in [-0.05, 0) is 46.9 Å². The van der Waals surface area contributed by atoms with Crippen molar-refractivity contribution in [2.45, 2.75) is 5.16 Å². The van der Waals surface area contributed by atoms with Gasteiger partial charge in [-0.25, -0.2) is 4.98 Å². The summed E-state index contributed by atoms with van der Waals surface area (Å²) >= 11 is 3.16. The van der Waals surface area contributed by atoms with Crippen LogP contribution in [0.15, 0.2) is 47.6 Å². The van der Waals surface area contributed by atoms with Gasteiger partial charge in [0.05, 0.1) is 25.3 Å². The Hall–Kier alpha value is -1.94. The van der Waals surface area contributed by atoms with Crippen LogP contribution in [0.4, 0.5) is 5.69 Å². The summed E-state index contributed by atoms with van der Waals surface area (Å²) in [5.41, 5.74) is 2.03. The number of carbonyl (C=O) groups excluding carboxylic acids is 1. The first-order valence-electron chi connectivity index (χ1n) is 6.59. The molecular weight excluding hydrogens is 429 g/mol. The molecule has 0 saturated carbocycles. The second kappa shape index (κ2) is 6.67. The molecule has 0 aliphatic rings. The van der Waals surface area contributed by atoms with E-state index < -0.39 is 4.92 Å². The van der Waals surface area contributed by atoms with Gasteiger partial charge in [-0.2, -0.15) is 0 Å².